The van der Waals surface area contributed by atoms with Gasteiger partial charge in [0.1, 0.15) is 5.82 Å². The summed E-state index contributed by atoms with van der Waals surface area (Å²) in [6, 6.07) is 7.80. The smallest absolute Gasteiger partial charge is 0.146 e. The van der Waals surface area contributed by atoms with Crippen molar-refractivity contribution in [2.45, 2.75) is 25.9 Å². The molecule has 0 spiro atoms. The van der Waals surface area contributed by atoms with Crippen LogP contribution >= 0.6 is 0 Å². The third kappa shape index (κ3) is 2.29. The number of rotatable bonds is 1. The van der Waals surface area contributed by atoms with Crippen molar-refractivity contribution in [1.82, 2.24) is 5.32 Å². The van der Waals surface area contributed by atoms with Crippen LogP contribution < -0.4 is 10.2 Å². The standard InChI is InChI=1S/C12H17FN2/c1-9-7-15(8-10(2)14-9)12-6-4-3-5-11(12)13/h3-6,9-10,14H,7-8H2,1-2H3. The van der Waals surface area contributed by atoms with Gasteiger partial charge in [0.25, 0.3) is 0 Å². The molecule has 1 aliphatic heterocycles. The van der Waals surface area contributed by atoms with Crippen LogP contribution in [0.25, 0.3) is 0 Å². The van der Waals surface area contributed by atoms with E-state index in [0.717, 1.165) is 18.8 Å². The first-order valence-electron chi connectivity index (χ1n) is 5.42. The molecule has 0 amide bonds. The third-order valence-corrected chi connectivity index (χ3v) is 2.75. The van der Waals surface area contributed by atoms with Crippen LogP contribution in [-0.2, 0) is 0 Å². The molecule has 0 aliphatic carbocycles. The van der Waals surface area contributed by atoms with Gasteiger partial charge < -0.3 is 10.2 Å². The van der Waals surface area contributed by atoms with Crippen molar-refractivity contribution in [2.75, 3.05) is 18.0 Å². The highest BCUT2D eigenvalue weighted by Gasteiger charge is 2.22. The summed E-state index contributed by atoms with van der Waals surface area (Å²) in [4.78, 5) is 2.11. The minimum Gasteiger partial charge on any atom is -0.366 e. The van der Waals surface area contributed by atoms with Gasteiger partial charge in [-0.25, -0.2) is 4.39 Å². The first-order chi connectivity index (χ1) is 7.16. The van der Waals surface area contributed by atoms with Gasteiger partial charge in [-0.15, -0.1) is 0 Å². The molecule has 1 N–H and O–H groups in total. The number of nitrogens with one attached hydrogen (secondary N) is 1. The monoisotopic (exact) mass is 208 g/mol. The second-order valence-electron chi connectivity index (χ2n) is 4.33. The summed E-state index contributed by atoms with van der Waals surface area (Å²) in [6.45, 7) is 5.99. The fourth-order valence-corrected chi connectivity index (χ4v) is 2.23. The lowest BCUT2D eigenvalue weighted by atomic mass is 10.1. The number of nitrogens with zero attached hydrogens (tertiary/aromatic N) is 1. The van der Waals surface area contributed by atoms with Gasteiger partial charge in [-0.05, 0) is 26.0 Å². The van der Waals surface area contributed by atoms with Crippen molar-refractivity contribution < 1.29 is 4.39 Å². The maximum Gasteiger partial charge on any atom is 0.146 e. The molecule has 1 heterocycles. The lowest BCUT2D eigenvalue weighted by molar-refractivity contribution is 0.404. The van der Waals surface area contributed by atoms with Crippen molar-refractivity contribution in [3.8, 4) is 0 Å². The molecule has 1 aliphatic rings. The van der Waals surface area contributed by atoms with E-state index >= 15 is 0 Å². The summed E-state index contributed by atoms with van der Waals surface area (Å²) in [7, 11) is 0. The van der Waals surface area contributed by atoms with Crippen molar-refractivity contribution in [1.29, 1.82) is 0 Å². The highest BCUT2D eigenvalue weighted by atomic mass is 19.1. The van der Waals surface area contributed by atoms with E-state index in [1.807, 2.05) is 12.1 Å². The zero-order valence-electron chi connectivity index (χ0n) is 9.20. The normalized spacial score (nSPS) is 26.7. The molecule has 0 saturated carbocycles. The fraction of sp³-hybridized carbons (Fsp3) is 0.500. The average molecular weight is 208 g/mol. The first kappa shape index (κ1) is 10.4. The van der Waals surface area contributed by atoms with E-state index in [1.54, 1.807) is 6.07 Å². The summed E-state index contributed by atoms with van der Waals surface area (Å²) in [5.74, 6) is -0.126. The molecular weight excluding hydrogens is 191 g/mol. The van der Waals surface area contributed by atoms with E-state index in [2.05, 4.69) is 24.1 Å². The van der Waals surface area contributed by atoms with E-state index in [-0.39, 0.29) is 5.82 Å². The topological polar surface area (TPSA) is 15.3 Å². The molecule has 2 atom stereocenters. The maximum atomic E-state index is 13.6. The minimum absolute atomic E-state index is 0.126. The molecule has 1 saturated heterocycles. The van der Waals surface area contributed by atoms with Crippen molar-refractivity contribution in [2.24, 2.45) is 0 Å². The number of halogens is 1. The Morgan fingerprint density at radius 3 is 2.40 bits per heavy atom. The van der Waals surface area contributed by atoms with Crippen molar-refractivity contribution in [3.05, 3.63) is 30.1 Å². The van der Waals surface area contributed by atoms with Crippen LogP contribution in [0.3, 0.4) is 0 Å². The molecule has 1 fully saturated rings. The Labute approximate surface area is 90.1 Å². The van der Waals surface area contributed by atoms with Crippen LogP contribution in [0.15, 0.2) is 24.3 Å². The van der Waals surface area contributed by atoms with E-state index in [0.29, 0.717) is 12.1 Å². The lowest BCUT2D eigenvalue weighted by Crippen LogP contribution is -2.54. The van der Waals surface area contributed by atoms with Crippen LogP contribution in [-0.4, -0.2) is 25.2 Å². The zero-order chi connectivity index (χ0) is 10.8. The molecule has 1 aromatic rings. The van der Waals surface area contributed by atoms with Gasteiger partial charge in [-0.2, -0.15) is 0 Å². The van der Waals surface area contributed by atoms with Gasteiger partial charge in [-0.1, -0.05) is 12.1 Å². The van der Waals surface area contributed by atoms with Gasteiger partial charge >= 0.3 is 0 Å². The fourth-order valence-electron chi connectivity index (χ4n) is 2.23. The quantitative estimate of drug-likeness (QED) is 0.759. The van der Waals surface area contributed by atoms with Gasteiger partial charge in [-0.3, -0.25) is 0 Å². The second-order valence-corrected chi connectivity index (χ2v) is 4.33. The Morgan fingerprint density at radius 2 is 1.80 bits per heavy atom. The van der Waals surface area contributed by atoms with Gasteiger partial charge in [0.05, 0.1) is 5.69 Å². The summed E-state index contributed by atoms with van der Waals surface area (Å²) >= 11 is 0. The molecule has 0 radical (unpaired) electrons. The number of anilines is 1. The second kappa shape index (κ2) is 4.19. The van der Waals surface area contributed by atoms with E-state index in [1.165, 1.54) is 6.07 Å². The Balaban J connectivity index is 2.20. The molecule has 2 unspecified atom stereocenters. The highest BCUT2D eigenvalue weighted by molar-refractivity contribution is 5.48. The molecule has 0 bridgehead atoms. The summed E-state index contributed by atoms with van der Waals surface area (Å²) < 4.78 is 13.6. The minimum atomic E-state index is -0.126. The third-order valence-electron chi connectivity index (χ3n) is 2.75. The molecule has 82 valence electrons. The van der Waals surface area contributed by atoms with Crippen LogP contribution in [0.4, 0.5) is 10.1 Å². The Morgan fingerprint density at radius 1 is 1.20 bits per heavy atom. The number of para-hydroxylation sites is 1. The van der Waals surface area contributed by atoms with Crippen LogP contribution in [0, 0.1) is 5.82 Å². The first-order valence-corrected chi connectivity index (χ1v) is 5.42. The number of benzene rings is 1. The van der Waals surface area contributed by atoms with E-state index in [4.69, 9.17) is 0 Å². The predicted octanol–water partition coefficient (Wildman–Crippen LogP) is 2.01. The van der Waals surface area contributed by atoms with Gasteiger partial charge in [0, 0.05) is 25.2 Å². The molecular formula is C12H17FN2. The zero-order valence-corrected chi connectivity index (χ0v) is 9.20. The average Bonchev–Trinajstić information content (AvgIpc) is 2.16. The Bertz CT molecular complexity index is 330. The van der Waals surface area contributed by atoms with Gasteiger partial charge in [0.15, 0.2) is 0 Å². The molecule has 3 heteroatoms. The predicted molar refractivity (Wildman–Crippen MR) is 60.7 cm³/mol. The van der Waals surface area contributed by atoms with E-state index in [9.17, 15) is 4.39 Å². The maximum absolute atomic E-state index is 13.6. The van der Waals surface area contributed by atoms with Crippen LogP contribution in [0.5, 0.6) is 0 Å². The number of hydrogen-bond acceptors (Lipinski definition) is 2. The lowest BCUT2D eigenvalue weighted by Gasteiger charge is -2.37. The summed E-state index contributed by atoms with van der Waals surface area (Å²) in [5.41, 5.74) is 0.720. The van der Waals surface area contributed by atoms with Crippen LogP contribution in [0.2, 0.25) is 0 Å². The van der Waals surface area contributed by atoms with Gasteiger partial charge in [0.2, 0.25) is 0 Å². The summed E-state index contributed by atoms with van der Waals surface area (Å²) in [5, 5.41) is 3.43. The van der Waals surface area contributed by atoms with E-state index < -0.39 is 0 Å². The molecule has 2 nitrogen and oxygen atoms in total. The molecule has 0 aromatic heterocycles. The number of hydrogen-bond donors (Lipinski definition) is 1. The molecule has 15 heavy (non-hydrogen) atoms. The SMILES string of the molecule is CC1CN(c2ccccc2F)CC(C)N1. The largest absolute Gasteiger partial charge is 0.366 e. The number of piperazine rings is 1. The molecule has 1 aromatic carbocycles. The highest BCUT2D eigenvalue weighted by Crippen LogP contribution is 2.20. The van der Waals surface area contributed by atoms with Crippen LogP contribution in [0.1, 0.15) is 13.8 Å². The van der Waals surface area contributed by atoms with Crippen molar-refractivity contribution >= 4 is 5.69 Å². The summed E-state index contributed by atoms with van der Waals surface area (Å²) in [6.07, 6.45) is 0. The Hall–Kier alpha value is -1.09. The molecule has 2 rings (SSSR count). The van der Waals surface area contributed by atoms with Crippen molar-refractivity contribution in [3.63, 3.8) is 0 Å². The Kier molecular flexibility index (Phi) is 2.91.